The largest absolute Gasteiger partial charge is 0.355 e. The molecule has 1 N–H and O–H groups in total. The Balaban J connectivity index is 1.49. The van der Waals surface area contributed by atoms with Crippen molar-refractivity contribution < 1.29 is 0 Å². The molecular formula is C14H14N6O. The smallest absolute Gasteiger partial charge is 0.266 e. The molecule has 0 radical (unpaired) electrons. The molecule has 0 aromatic carbocycles. The lowest BCUT2D eigenvalue weighted by Gasteiger charge is -2.40. The number of fused-ring (bicyclic) bond motifs is 1. The lowest BCUT2D eigenvalue weighted by molar-refractivity contribution is 0.333. The molecule has 0 atom stereocenters. The normalized spacial score (nSPS) is 15.3. The SMILES string of the molecule is O=c1cccnn1CC1CN(c2ncnc3[nH]ccc23)C1. The minimum atomic E-state index is -0.0500. The summed E-state index contributed by atoms with van der Waals surface area (Å²) in [5, 5.41) is 5.13. The van der Waals surface area contributed by atoms with Crippen molar-refractivity contribution in [1.29, 1.82) is 0 Å². The van der Waals surface area contributed by atoms with Gasteiger partial charge in [0, 0.05) is 37.5 Å². The van der Waals surface area contributed by atoms with Crippen LogP contribution in [-0.2, 0) is 6.54 Å². The van der Waals surface area contributed by atoms with Crippen LogP contribution in [0.2, 0.25) is 0 Å². The van der Waals surface area contributed by atoms with Crippen LogP contribution in [0.15, 0.2) is 41.7 Å². The lowest BCUT2D eigenvalue weighted by atomic mass is 10.00. The molecule has 4 rings (SSSR count). The van der Waals surface area contributed by atoms with Crippen LogP contribution in [0.1, 0.15) is 0 Å². The highest BCUT2D eigenvalue weighted by Gasteiger charge is 2.29. The summed E-state index contributed by atoms with van der Waals surface area (Å²) in [5.41, 5.74) is 0.801. The van der Waals surface area contributed by atoms with Crippen LogP contribution < -0.4 is 10.5 Å². The standard InChI is InChI=1S/C14H14N6O/c21-12-2-1-4-18-20(12)8-10-6-19(7-10)14-11-3-5-15-13(11)16-9-17-14/h1-5,9-10H,6-8H2,(H,15,16,17). The number of aromatic nitrogens is 5. The molecule has 1 aliphatic rings. The molecule has 1 fully saturated rings. The zero-order valence-electron chi connectivity index (χ0n) is 11.3. The molecule has 7 heteroatoms. The third-order valence-corrected chi connectivity index (χ3v) is 3.81. The van der Waals surface area contributed by atoms with E-state index < -0.39 is 0 Å². The van der Waals surface area contributed by atoms with Crippen molar-refractivity contribution in [2.24, 2.45) is 5.92 Å². The van der Waals surface area contributed by atoms with Gasteiger partial charge in [-0.3, -0.25) is 4.79 Å². The number of nitrogens with one attached hydrogen (secondary N) is 1. The Morgan fingerprint density at radius 2 is 2.19 bits per heavy atom. The van der Waals surface area contributed by atoms with E-state index in [-0.39, 0.29) is 5.56 Å². The molecule has 3 aromatic heterocycles. The van der Waals surface area contributed by atoms with Gasteiger partial charge in [-0.2, -0.15) is 5.10 Å². The summed E-state index contributed by atoms with van der Waals surface area (Å²) in [5.74, 6) is 1.37. The Morgan fingerprint density at radius 3 is 3.05 bits per heavy atom. The van der Waals surface area contributed by atoms with E-state index in [1.165, 1.54) is 10.7 Å². The monoisotopic (exact) mass is 282 g/mol. The fraction of sp³-hybridized carbons (Fsp3) is 0.286. The highest BCUT2D eigenvalue weighted by atomic mass is 16.1. The van der Waals surface area contributed by atoms with E-state index in [4.69, 9.17) is 0 Å². The third-order valence-electron chi connectivity index (χ3n) is 3.81. The number of hydrogen-bond acceptors (Lipinski definition) is 5. The highest BCUT2D eigenvalue weighted by Crippen LogP contribution is 2.28. The first-order valence-electron chi connectivity index (χ1n) is 6.86. The van der Waals surface area contributed by atoms with Gasteiger partial charge < -0.3 is 9.88 Å². The van der Waals surface area contributed by atoms with Crippen molar-refractivity contribution in [1.82, 2.24) is 24.7 Å². The Bertz CT molecular complexity index is 832. The molecule has 7 nitrogen and oxygen atoms in total. The maximum absolute atomic E-state index is 11.6. The van der Waals surface area contributed by atoms with Gasteiger partial charge in [0.15, 0.2) is 0 Å². The number of anilines is 1. The number of aromatic amines is 1. The number of hydrogen-bond donors (Lipinski definition) is 1. The van der Waals surface area contributed by atoms with Crippen molar-refractivity contribution in [3.63, 3.8) is 0 Å². The Morgan fingerprint density at radius 1 is 1.29 bits per heavy atom. The van der Waals surface area contributed by atoms with Gasteiger partial charge in [0.05, 0.1) is 11.9 Å². The van der Waals surface area contributed by atoms with Crippen molar-refractivity contribution >= 4 is 16.9 Å². The molecule has 1 aliphatic heterocycles. The summed E-state index contributed by atoms with van der Waals surface area (Å²) in [4.78, 5) is 25.5. The molecule has 3 aromatic rings. The predicted octanol–water partition coefficient (Wildman–Crippen LogP) is 0.651. The minimum absolute atomic E-state index is 0.0500. The van der Waals surface area contributed by atoms with Crippen LogP contribution >= 0.6 is 0 Å². The van der Waals surface area contributed by atoms with E-state index in [0.717, 1.165) is 29.9 Å². The van der Waals surface area contributed by atoms with Gasteiger partial charge in [-0.1, -0.05) is 0 Å². The first-order chi connectivity index (χ1) is 10.3. The van der Waals surface area contributed by atoms with Gasteiger partial charge in [0.1, 0.15) is 17.8 Å². The number of rotatable bonds is 3. The van der Waals surface area contributed by atoms with Crippen LogP contribution in [0.3, 0.4) is 0 Å². The van der Waals surface area contributed by atoms with Gasteiger partial charge in [-0.15, -0.1) is 0 Å². The zero-order valence-corrected chi connectivity index (χ0v) is 11.3. The summed E-state index contributed by atoms with van der Waals surface area (Å²) in [6.07, 6.45) is 5.09. The maximum Gasteiger partial charge on any atom is 0.266 e. The molecule has 0 unspecified atom stereocenters. The molecule has 21 heavy (non-hydrogen) atoms. The first-order valence-corrected chi connectivity index (χ1v) is 6.86. The molecule has 0 saturated carbocycles. The van der Waals surface area contributed by atoms with E-state index in [9.17, 15) is 4.79 Å². The average molecular weight is 282 g/mol. The minimum Gasteiger partial charge on any atom is -0.355 e. The van der Waals surface area contributed by atoms with Crippen LogP contribution in [0.25, 0.3) is 11.0 Å². The summed E-state index contributed by atoms with van der Waals surface area (Å²) in [6, 6.07) is 5.19. The van der Waals surface area contributed by atoms with Crippen LogP contribution in [0, 0.1) is 5.92 Å². The van der Waals surface area contributed by atoms with Crippen molar-refractivity contribution in [2.45, 2.75) is 6.54 Å². The highest BCUT2D eigenvalue weighted by molar-refractivity contribution is 5.87. The summed E-state index contributed by atoms with van der Waals surface area (Å²) in [6.45, 7) is 2.40. The van der Waals surface area contributed by atoms with Crippen molar-refractivity contribution in [2.75, 3.05) is 18.0 Å². The lowest BCUT2D eigenvalue weighted by Crippen LogP contribution is -2.50. The molecular weight excluding hydrogens is 268 g/mol. The quantitative estimate of drug-likeness (QED) is 0.763. The topological polar surface area (TPSA) is 79.7 Å². The van der Waals surface area contributed by atoms with E-state index >= 15 is 0 Å². The second-order valence-corrected chi connectivity index (χ2v) is 5.25. The van der Waals surface area contributed by atoms with Crippen molar-refractivity contribution in [3.8, 4) is 0 Å². The third kappa shape index (κ3) is 2.06. The van der Waals surface area contributed by atoms with Crippen LogP contribution in [-0.4, -0.2) is 37.8 Å². The fourth-order valence-corrected chi connectivity index (χ4v) is 2.74. The molecule has 0 amide bonds. The second kappa shape index (κ2) is 4.69. The van der Waals surface area contributed by atoms with Gasteiger partial charge in [-0.05, 0) is 12.1 Å². The molecule has 106 valence electrons. The second-order valence-electron chi connectivity index (χ2n) is 5.25. The maximum atomic E-state index is 11.6. The van der Waals surface area contributed by atoms with E-state index in [0.29, 0.717) is 12.5 Å². The van der Waals surface area contributed by atoms with E-state index in [1.807, 2.05) is 12.3 Å². The van der Waals surface area contributed by atoms with Gasteiger partial charge in [0.25, 0.3) is 5.56 Å². The number of nitrogens with zero attached hydrogens (tertiary/aromatic N) is 5. The van der Waals surface area contributed by atoms with Gasteiger partial charge >= 0.3 is 0 Å². The summed E-state index contributed by atoms with van der Waals surface area (Å²) >= 11 is 0. The van der Waals surface area contributed by atoms with Gasteiger partial charge in [-0.25, -0.2) is 14.6 Å². The molecule has 0 bridgehead atoms. The van der Waals surface area contributed by atoms with Crippen LogP contribution in [0.4, 0.5) is 5.82 Å². The Labute approximate surface area is 120 Å². The molecule has 0 aliphatic carbocycles. The summed E-state index contributed by atoms with van der Waals surface area (Å²) < 4.78 is 1.52. The summed E-state index contributed by atoms with van der Waals surface area (Å²) in [7, 11) is 0. The molecule has 0 spiro atoms. The van der Waals surface area contributed by atoms with Crippen LogP contribution in [0.5, 0.6) is 0 Å². The predicted molar refractivity (Wildman–Crippen MR) is 78.1 cm³/mol. The van der Waals surface area contributed by atoms with E-state index in [2.05, 4.69) is 25.0 Å². The zero-order chi connectivity index (χ0) is 14.2. The number of H-pyrrole nitrogens is 1. The average Bonchev–Trinajstić information content (AvgIpc) is 2.93. The Kier molecular flexibility index (Phi) is 2.70. The first kappa shape index (κ1) is 12.1. The fourth-order valence-electron chi connectivity index (χ4n) is 2.74. The molecule has 1 saturated heterocycles. The van der Waals surface area contributed by atoms with E-state index in [1.54, 1.807) is 18.6 Å². The van der Waals surface area contributed by atoms with Crippen molar-refractivity contribution in [3.05, 3.63) is 47.3 Å². The molecule has 4 heterocycles. The van der Waals surface area contributed by atoms with Gasteiger partial charge in [0.2, 0.25) is 0 Å². The Hall–Kier alpha value is -2.70.